The van der Waals surface area contributed by atoms with E-state index in [1.807, 2.05) is 44.2 Å². The number of hydrogen-bond acceptors (Lipinski definition) is 6. The first kappa shape index (κ1) is 16.1. The van der Waals surface area contributed by atoms with Gasteiger partial charge in [0.1, 0.15) is 0 Å². The van der Waals surface area contributed by atoms with Crippen LogP contribution in [0.15, 0.2) is 42.7 Å². The first-order chi connectivity index (χ1) is 11.6. The maximum absolute atomic E-state index is 6.30. The van der Waals surface area contributed by atoms with Gasteiger partial charge in [-0.05, 0) is 43.2 Å². The second-order valence-electron chi connectivity index (χ2n) is 5.40. The summed E-state index contributed by atoms with van der Waals surface area (Å²) in [7, 11) is 0. The summed E-state index contributed by atoms with van der Waals surface area (Å²) in [6.07, 6.45) is 3.32. The van der Waals surface area contributed by atoms with Gasteiger partial charge in [-0.3, -0.25) is 4.98 Å². The Labute approximate surface area is 145 Å². The highest BCUT2D eigenvalue weighted by molar-refractivity contribution is 6.33. The third-order valence-corrected chi connectivity index (χ3v) is 3.70. The van der Waals surface area contributed by atoms with E-state index in [9.17, 15) is 0 Å². The summed E-state index contributed by atoms with van der Waals surface area (Å²) in [5.41, 5.74) is 3.83. The lowest BCUT2D eigenvalue weighted by atomic mass is 10.1. The number of hydrogen-bond donors (Lipinski definition) is 2. The van der Waals surface area contributed by atoms with E-state index >= 15 is 0 Å². The highest BCUT2D eigenvalue weighted by atomic mass is 35.5. The molecule has 0 fully saturated rings. The lowest BCUT2D eigenvalue weighted by Gasteiger charge is -2.12. The maximum atomic E-state index is 6.30. The second kappa shape index (κ2) is 7.23. The van der Waals surface area contributed by atoms with Crippen LogP contribution in [-0.4, -0.2) is 20.2 Å². The third-order valence-electron chi connectivity index (χ3n) is 3.40. The summed E-state index contributed by atoms with van der Waals surface area (Å²) in [6.45, 7) is 4.55. The molecule has 2 aromatic heterocycles. The number of nitrogens with zero attached hydrogens (tertiary/aromatic N) is 4. The predicted octanol–water partition coefficient (Wildman–Crippen LogP) is 3.89. The zero-order chi connectivity index (χ0) is 16.9. The van der Waals surface area contributed by atoms with E-state index in [1.165, 1.54) is 0 Å². The Morgan fingerprint density at radius 1 is 1.17 bits per heavy atom. The normalized spacial score (nSPS) is 10.5. The summed E-state index contributed by atoms with van der Waals surface area (Å²) in [5, 5.41) is 14.9. The molecule has 24 heavy (non-hydrogen) atoms. The molecule has 122 valence electrons. The quantitative estimate of drug-likeness (QED) is 0.733. The molecule has 2 N–H and O–H groups in total. The number of nitrogens with one attached hydrogen (secondary N) is 2. The molecular weight excluding hydrogens is 324 g/mol. The SMILES string of the molecule is Cc1cc(C)c(Nc2nncc(NCc3ccccn3)n2)c(Cl)c1. The minimum Gasteiger partial charge on any atom is -0.363 e. The van der Waals surface area contributed by atoms with Gasteiger partial charge in [0.2, 0.25) is 5.95 Å². The second-order valence-corrected chi connectivity index (χ2v) is 5.81. The van der Waals surface area contributed by atoms with Crippen molar-refractivity contribution in [2.24, 2.45) is 0 Å². The summed E-state index contributed by atoms with van der Waals surface area (Å²) in [6, 6.07) is 9.71. The zero-order valence-corrected chi connectivity index (χ0v) is 14.2. The van der Waals surface area contributed by atoms with Crippen molar-refractivity contribution < 1.29 is 0 Å². The fraction of sp³-hybridized carbons (Fsp3) is 0.176. The van der Waals surface area contributed by atoms with Crippen LogP contribution in [0.5, 0.6) is 0 Å². The molecule has 0 aliphatic heterocycles. The average Bonchev–Trinajstić information content (AvgIpc) is 2.58. The van der Waals surface area contributed by atoms with Crippen molar-refractivity contribution in [2.75, 3.05) is 10.6 Å². The molecule has 0 aliphatic carbocycles. The summed E-state index contributed by atoms with van der Waals surface area (Å²) in [5.74, 6) is 0.994. The molecule has 0 saturated carbocycles. The predicted molar refractivity (Wildman–Crippen MR) is 95.6 cm³/mol. The Morgan fingerprint density at radius 3 is 2.79 bits per heavy atom. The summed E-state index contributed by atoms with van der Waals surface area (Å²) in [4.78, 5) is 8.66. The number of pyridine rings is 1. The van der Waals surface area contributed by atoms with Crippen molar-refractivity contribution >= 4 is 29.1 Å². The van der Waals surface area contributed by atoms with Crippen LogP contribution in [0.1, 0.15) is 16.8 Å². The first-order valence-electron chi connectivity index (χ1n) is 7.49. The molecule has 0 spiro atoms. The molecule has 0 amide bonds. The molecule has 7 heteroatoms. The molecule has 0 atom stereocenters. The number of rotatable bonds is 5. The molecule has 6 nitrogen and oxygen atoms in total. The van der Waals surface area contributed by atoms with Gasteiger partial charge in [0, 0.05) is 6.20 Å². The van der Waals surface area contributed by atoms with Gasteiger partial charge < -0.3 is 10.6 Å². The molecule has 0 saturated heterocycles. The van der Waals surface area contributed by atoms with E-state index in [0.29, 0.717) is 23.3 Å². The number of halogens is 1. The third kappa shape index (κ3) is 3.97. The van der Waals surface area contributed by atoms with Gasteiger partial charge in [-0.15, -0.1) is 5.10 Å². The van der Waals surface area contributed by atoms with Gasteiger partial charge in [0.05, 0.1) is 29.1 Å². The van der Waals surface area contributed by atoms with Gasteiger partial charge in [-0.25, -0.2) is 0 Å². The fourth-order valence-electron chi connectivity index (χ4n) is 2.31. The van der Waals surface area contributed by atoms with Crippen LogP contribution in [0.4, 0.5) is 17.5 Å². The van der Waals surface area contributed by atoms with E-state index in [2.05, 4.69) is 30.8 Å². The maximum Gasteiger partial charge on any atom is 0.249 e. The molecule has 0 unspecified atom stereocenters. The van der Waals surface area contributed by atoms with Crippen LogP contribution in [-0.2, 0) is 6.54 Å². The summed E-state index contributed by atoms with van der Waals surface area (Å²) < 4.78 is 0. The Bertz CT molecular complexity index is 814. The molecule has 2 heterocycles. The van der Waals surface area contributed by atoms with E-state index in [-0.39, 0.29) is 0 Å². The van der Waals surface area contributed by atoms with Crippen molar-refractivity contribution in [1.82, 2.24) is 20.2 Å². The number of aryl methyl sites for hydroxylation is 2. The largest absolute Gasteiger partial charge is 0.363 e. The van der Waals surface area contributed by atoms with Gasteiger partial charge in [-0.1, -0.05) is 23.7 Å². The van der Waals surface area contributed by atoms with Gasteiger partial charge in [0.25, 0.3) is 0 Å². The molecule has 3 rings (SSSR count). The number of aromatic nitrogens is 4. The lowest BCUT2D eigenvalue weighted by Crippen LogP contribution is -2.07. The molecule has 3 aromatic rings. The first-order valence-corrected chi connectivity index (χ1v) is 7.87. The van der Waals surface area contributed by atoms with Crippen molar-refractivity contribution in [3.05, 3.63) is 64.6 Å². The van der Waals surface area contributed by atoms with E-state index in [4.69, 9.17) is 11.6 Å². The van der Waals surface area contributed by atoms with Gasteiger partial charge in [0.15, 0.2) is 5.82 Å². The van der Waals surface area contributed by atoms with Crippen LogP contribution in [0.3, 0.4) is 0 Å². The summed E-state index contributed by atoms with van der Waals surface area (Å²) >= 11 is 6.30. The van der Waals surface area contributed by atoms with Crippen LogP contribution >= 0.6 is 11.6 Å². The van der Waals surface area contributed by atoms with Crippen molar-refractivity contribution in [2.45, 2.75) is 20.4 Å². The van der Waals surface area contributed by atoms with E-state index < -0.39 is 0 Å². The Balaban J connectivity index is 1.74. The zero-order valence-electron chi connectivity index (χ0n) is 13.4. The Kier molecular flexibility index (Phi) is 4.86. The lowest BCUT2D eigenvalue weighted by molar-refractivity contribution is 0.955. The minimum absolute atomic E-state index is 0.384. The van der Waals surface area contributed by atoms with Crippen LogP contribution in [0.25, 0.3) is 0 Å². The molecule has 0 radical (unpaired) electrons. The van der Waals surface area contributed by atoms with Crippen LogP contribution in [0.2, 0.25) is 5.02 Å². The van der Waals surface area contributed by atoms with E-state index in [1.54, 1.807) is 12.4 Å². The monoisotopic (exact) mass is 340 g/mol. The molecular formula is C17H17ClN6. The van der Waals surface area contributed by atoms with E-state index in [0.717, 1.165) is 22.5 Å². The number of benzene rings is 1. The van der Waals surface area contributed by atoms with Crippen molar-refractivity contribution in [3.8, 4) is 0 Å². The Morgan fingerprint density at radius 2 is 2.04 bits per heavy atom. The molecule has 0 bridgehead atoms. The topological polar surface area (TPSA) is 75.6 Å². The van der Waals surface area contributed by atoms with Crippen LogP contribution < -0.4 is 10.6 Å². The van der Waals surface area contributed by atoms with Crippen LogP contribution in [0, 0.1) is 13.8 Å². The van der Waals surface area contributed by atoms with Gasteiger partial charge in [-0.2, -0.15) is 10.1 Å². The molecule has 1 aromatic carbocycles. The standard InChI is InChI=1S/C17H17ClN6/c1-11-7-12(2)16(14(18)8-11)23-17-22-15(10-21-24-17)20-9-13-5-3-4-6-19-13/h3-8,10H,9H2,1-2H3,(H2,20,22,23,24). The van der Waals surface area contributed by atoms with Gasteiger partial charge >= 0.3 is 0 Å². The highest BCUT2D eigenvalue weighted by Gasteiger charge is 2.08. The Hall–Kier alpha value is -2.73. The average molecular weight is 341 g/mol. The minimum atomic E-state index is 0.384. The highest BCUT2D eigenvalue weighted by Crippen LogP contribution is 2.29. The number of anilines is 3. The smallest absolute Gasteiger partial charge is 0.249 e. The van der Waals surface area contributed by atoms with Crippen molar-refractivity contribution in [1.29, 1.82) is 0 Å². The molecule has 0 aliphatic rings. The van der Waals surface area contributed by atoms with Crippen molar-refractivity contribution in [3.63, 3.8) is 0 Å². The fourth-order valence-corrected chi connectivity index (χ4v) is 2.68.